The summed E-state index contributed by atoms with van der Waals surface area (Å²) in [6.45, 7) is 5.25. The van der Waals surface area contributed by atoms with E-state index in [0.717, 1.165) is 0 Å². The Kier molecular flexibility index (Phi) is 4.56. The van der Waals surface area contributed by atoms with Gasteiger partial charge >= 0.3 is 7.38 Å². The highest BCUT2D eigenvalue weighted by Crippen LogP contribution is 2.03. The molecule has 0 aliphatic rings. The quantitative estimate of drug-likeness (QED) is 0.303. The third kappa shape index (κ3) is 3.79. The zero-order valence-electron chi connectivity index (χ0n) is 6.88. The molecule has 0 rings (SSSR count). The van der Waals surface area contributed by atoms with Gasteiger partial charge in [0, 0.05) is 0 Å². The number of hydrogen-bond donors (Lipinski definition) is 0. The summed E-state index contributed by atoms with van der Waals surface area (Å²) in [4.78, 5) is 0. The number of halogens is 1. The van der Waals surface area contributed by atoms with E-state index in [9.17, 15) is 0 Å². The van der Waals surface area contributed by atoms with Gasteiger partial charge in [0.05, 0.1) is 0 Å². The lowest BCUT2D eigenvalue weighted by Gasteiger charge is -1.97. The Bertz CT molecular complexity index is 247. The van der Waals surface area contributed by atoms with Gasteiger partial charge in [-0.15, -0.1) is 28.8 Å². The van der Waals surface area contributed by atoms with Crippen molar-refractivity contribution >= 4 is 18.5 Å². The number of rotatable bonds is 0. The normalized spacial score (nSPS) is 7.64. The van der Waals surface area contributed by atoms with Crippen molar-refractivity contribution < 1.29 is 0 Å². The molecule has 0 nitrogen and oxygen atoms in total. The van der Waals surface area contributed by atoms with Crippen LogP contribution in [0.5, 0.6) is 0 Å². The second-order valence-corrected chi connectivity index (χ2v) is 5.55. The molecule has 0 unspecified atom stereocenters. The zero-order chi connectivity index (χ0) is 8.74. The van der Waals surface area contributed by atoms with E-state index < -0.39 is 7.38 Å². The van der Waals surface area contributed by atoms with E-state index in [1.54, 1.807) is 20.8 Å². The van der Waals surface area contributed by atoms with Crippen LogP contribution in [0.2, 0.25) is 0 Å². The molecule has 56 valence electrons. The Morgan fingerprint density at radius 3 is 1.27 bits per heavy atom. The molecule has 0 aromatic rings. The van der Waals surface area contributed by atoms with Gasteiger partial charge in [0.15, 0.2) is 0 Å². The molecule has 0 saturated heterocycles. The standard InChI is InChI=1S/C9H9ClSi/c1-4-7-11(10,8-5-2)9-6-3/h1-3H3. The molecular formula is C9H9ClSi. The smallest absolute Gasteiger partial charge is 0.119 e. The molecule has 0 heterocycles. The molecule has 11 heavy (non-hydrogen) atoms. The topological polar surface area (TPSA) is 0 Å². The summed E-state index contributed by atoms with van der Waals surface area (Å²) in [6.07, 6.45) is 0. The minimum Gasteiger partial charge on any atom is -0.119 e. The van der Waals surface area contributed by atoms with Crippen LogP contribution in [-0.2, 0) is 0 Å². The van der Waals surface area contributed by atoms with E-state index in [4.69, 9.17) is 11.1 Å². The Morgan fingerprint density at radius 1 is 0.818 bits per heavy atom. The minimum absolute atomic E-state index is 1.75. The van der Waals surface area contributed by atoms with Crippen molar-refractivity contribution in [1.29, 1.82) is 0 Å². The summed E-state index contributed by atoms with van der Waals surface area (Å²) in [5, 5.41) is 0. The van der Waals surface area contributed by atoms with E-state index in [-0.39, 0.29) is 0 Å². The third-order valence-corrected chi connectivity index (χ3v) is 3.53. The molecule has 0 saturated carbocycles. The molecule has 0 radical (unpaired) electrons. The van der Waals surface area contributed by atoms with E-state index in [0.29, 0.717) is 0 Å². The van der Waals surface area contributed by atoms with E-state index >= 15 is 0 Å². The van der Waals surface area contributed by atoms with Crippen LogP contribution in [0.25, 0.3) is 0 Å². The Morgan fingerprint density at radius 2 is 1.09 bits per heavy atom. The molecule has 0 atom stereocenters. The summed E-state index contributed by atoms with van der Waals surface area (Å²) in [5.41, 5.74) is 8.60. The predicted molar refractivity (Wildman–Crippen MR) is 52.0 cm³/mol. The van der Waals surface area contributed by atoms with E-state index in [2.05, 4.69) is 34.4 Å². The number of hydrogen-bond acceptors (Lipinski definition) is 0. The highest BCUT2D eigenvalue weighted by Gasteiger charge is 2.22. The zero-order valence-corrected chi connectivity index (χ0v) is 8.63. The van der Waals surface area contributed by atoms with Gasteiger partial charge in [0.2, 0.25) is 0 Å². The van der Waals surface area contributed by atoms with Crippen molar-refractivity contribution in [3.63, 3.8) is 0 Å². The molecule has 0 aromatic carbocycles. The molecule has 0 aliphatic carbocycles. The highest BCUT2D eigenvalue weighted by molar-refractivity contribution is 7.33. The van der Waals surface area contributed by atoms with Crippen molar-refractivity contribution in [2.75, 3.05) is 0 Å². The Hall–Kier alpha value is -0.813. The Balaban J connectivity index is 4.81. The maximum absolute atomic E-state index is 6.06. The largest absolute Gasteiger partial charge is 0.386 e. The maximum atomic E-state index is 6.06. The van der Waals surface area contributed by atoms with Crippen LogP contribution >= 0.6 is 11.1 Å². The lowest BCUT2D eigenvalue weighted by atomic mass is 10.8. The van der Waals surface area contributed by atoms with Crippen LogP contribution < -0.4 is 0 Å². The lowest BCUT2D eigenvalue weighted by Crippen LogP contribution is -2.21. The molecule has 0 amide bonds. The summed E-state index contributed by atoms with van der Waals surface area (Å²) in [5.74, 6) is 8.26. The molecule has 0 N–H and O–H groups in total. The van der Waals surface area contributed by atoms with Gasteiger partial charge in [-0.2, -0.15) is 0 Å². The third-order valence-electron chi connectivity index (χ3n) is 0.892. The fourth-order valence-corrected chi connectivity index (χ4v) is 2.68. The summed E-state index contributed by atoms with van der Waals surface area (Å²) in [7, 11) is -2.36. The minimum atomic E-state index is -2.36. The van der Waals surface area contributed by atoms with E-state index in [1.807, 2.05) is 0 Å². The second-order valence-electron chi connectivity index (χ2n) is 1.78. The van der Waals surface area contributed by atoms with Crippen molar-refractivity contribution in [3.05, 3.63) is 0 Å². The van der Waals surface area contributed by atoms with Crippen molar-refractivity contribution in [2.24, 2.45) is 0 Å². The molecule has 0 fully saturated rings. The highest BCUT2D eigenvalue weighted by atomic mass is 35.6. The maximum Gasteiger partial charge on any atom is 0.386 e. The van der Waals surface area contributed by atoms with Crippen molar-refractivity contribution in [2.45, 2.75) is 20.8 Å². The molecule has 0 spiro atoms. The van der Waals surface area contributed by atoms with Gasteiger partial charge in [-0.3, -0.25) is 0 Å². The van der Waals surface area contributed by atoms with Crippen LogP contribution in [0.3, 0.4) is 0 Å². The SMILES string of the molecule is CC#C[Si](Cl)(C#CC)C#CC. The molecule has 2 heteroatoms. The first-order valence-electron chi connectivity index (χ1n) is 3.19. The summed E-state index contributed by atoms with van der Waals surface area (Å²) >= 11 is 6.06. The first-order chi connectivity index (χ1) is 5.18. The fourth-order valence-electron chi connectivity index (χ4n) is 0.610. The van der Waals surface area contributed by atoms with Gasteiger partial charge in [0.25, 0.3) is 0 Å². The van der Waals surface area contributed by atoms with E-state index in [1.165, 1.54) is 0 Å². The van der Waals surface area contributed by atoms with Crippen LogP contribution in [0.4, 0.5) is 0 Å². The molecule has 0 bridgehead atoms. The summed E-state index contributed by atoms with van der Waals surface area (Å²) in [6, 6.07) is 0. The van der Waals surface area contributed by atoms with Crippen LogP contribution in [-0.4, -0.2) is 7.38 Å². The average Bonchev–Trinajstić information content (AvgIpc) is 1.88. The van der Waals surface area contributed by atoms with Crippen LogP contribution in [0, 0.1) is 34.4 Å². The molecule has 0 aliphatic heterocycles. The first kappa shape index (κ1) is 10.2. The molecular weight excluding hydrogens is 172 g/mol. The van der Waals surface area contributed by atoms with Gasteiger partial charge in [-0.25, -0.2) is 0 Å². The van der Waals surface area contributed by atoms with Gasteiger partial charge in [-0.1, -0.05) is 16.6 Å². The lowest BCUT2D eigenvalue weighted by molar-refractivity contribution is 1.91. The average molecular weight is 181 g/mol. The Labute approximate surface area is 74.0 Å². The fraction of sp³-hybridized carbons (Fsp3) is 0.333. The molecule has 0 aromatic heterocycles. The van der Waals surface area contributed by atoms with Crippen LogP contribution in [0.15, 0.2) is 0 Å². The predicted octanol–water partition coefficient (Wildman–Crippen LogP) is 1.86. The first-order valence-corrected chi connectivity index (χ1v) is 6.20. The van der Waals surface area contributed by atoms with Crippen molar-refractivity contribution in [3.8, 4) is 34.4 Å². The van der Waals surface area contributed by atoms with Crippen LogP contribution in [0.1, 0.15) is 20.8 Å². The monoisotopic (exact) mass is 180 g/mol. The van der Waals surface area contributed by atoms with Gasteiger partial charge in [-0.05, 0) is 20.8 Å². The summed E-state index contributed by atoms with van der Waals surface area (Å²) < 4.78 is 0. The second kappa shape index (κ2) is 4.92. The van der Waals surface area contributed by atoms with Crippen molar-refractivity contribution in [1.82, 2.24) is 0 Å². The van der Waals surface area contributed by atoms with Gasteiger partial charge in [0.1, 0.15) is 0 Å². The van der Waals surface area contributed by atoms with Gasteiger partial charge < -0.3 is 0 Å².